The molecule has 3 rings (SSSR count). The lowest BCUT2D eigenvalue weighted by molar-refractivity contribution is -0.119. The summed E-state index contributed by atoms with van der Waals surface area (Å²) in [4.78, 5) is 35.9. The number of carbonyl (C=O) groups excluding carboxylic acids is 3. The van der Waals surface area contributed by atoms with E-state index >= 15 is 0 Å². The van der Waals surface area contributed by atoms with Crippen LogP contribution in [0.5, 0.6) is 0 Å². The second-order valence-electron chi connectivity index (χ2n) is 6.42. The number of sulfonamides is 1. The standard InChI is InChI=1S/C19H18N2O5S/c1-12-11-27(25,26)21(19(12)24)17-8-6-14(7-9-17)18(23)20-16-5-3-4-15(10-16)13(2)22/h3-10,12H,11H2,1-2H3,(H,20,23)/t12-/m1/s1. The molecule has 0 aromatic heterocycles. The molecule has 1 fully saturated rings. The summed E-state index contributed by atoms with van der Waals surface area (Å²) >= 11 is 0. The fourth-order valence-corrected chi connectivity index (χ4v) is 4.67. The van der Waals surface area contributed by atoms with Gasteiger partial charge in [-0.15, -0.1) is 0 Å². The van der Waals surface area contributed by atoms with Crippen molar-refractivity contribution in [3.8, 4) is 0 Å². The summed E-state index contributed by atoms with van der Waals surface area (Å²) < 4.78 is 25.0. The number of nitrogens with zero attached hydrogens (tertiary/aromatic N) is 1. The number of nitrogens with one attached hydrogen (secondary N) is 1. The van der Waals surface area contributed by atoms with E-state index in [2.05, 4.69) is 5.32 Å². The quantitative estimate of drug-likeness (QED) is 0.814. The van der Waals surface area contributed by atoms with Crippen molar-refractivity contribution in [3.63, 3.8) is 0 Å². The summed E-state index contributed by atoms with van der Waals surface area (Å²) in [5.41, 5.74) is 1.46. The molecule has 0 aliphatic carbocycles. The number of ketones is 1. The predicted molar refractivity (Wildman–Crippen MR) is 101 cm³/mol. The average Bonchev–Trinajstić information content (AvgIpc) is 2.82. The van der Waals surface area contributed by atoms with Crippen molar-refractivity contribution in [2.75, 3.05) is 15.4 Å². The first-order valence-electron chi connectivity index (χ1n) is 8.28. The minimum atomic E-state index is -3.68. The number of hydrogen-bond acceptors (Lipinski definition) is 5. The Balaban J connectivity index is 1.79. The van der Waals surface area contributed by atoms with Gasteiger partial charge in [-0.25, -0.2) is 12.7 Å². The number of amides is 2. The van der Waals surface area contributed by atoms with Gasteiger partial charge in [0, 0.05) is 16.8 Å². The van der Waals surface area contributed by atoms with Gasteiger partial charge in [0.25, 0.3) is 5.91 Å². The summed E-state index contributed by atoms with van der Waals surface area (Å²) in [6, 6.07) is 12.3. The zero-order valence-corrected chi connectivity index (χ0v) is 15.6. The van der Waals surface area contributed by atoms with Gasteiger partial charge in [-0.3, -0.25) is 14.4 Å². The zero-order valence-electron chi connectivity index (χ0n) is 14.8. The van der Waals surface area contributed by atoms with Gasteiger partial charge in [0.1, 0.15) is 0 Å². The molecule has 1 heterocycles. The summed E-state index contributed by atoms with van der Waals surface area (Å²) in [5, 5.41) is 2.68. The summed E-state index contributed by atoms with van der Waals surface area (Å²) in [6.45, 7) is 3.01. The van der Waals surface area contributed by atoms with Crippen LogP contribution in [0.25, 0.3) is 0 Å². The molecule has 0 spiro atoms. The topological polar surface area (TPSA) is 101 Å². The first-order chi connectivity index (χ1) is 12.7. The first-order valence-corrected chi connectivity index (χ1v) is 9.89. The average molecular weight is 386 g/mol. The number of hydrogen-bond donors (Lipinski definition) is 1. The van der Waals surface area contributed by atoms with Crippen LogP contribution in [0.2, 0.25) is 0 Å². The smallest absolute Gasteiger partial charge is 0.255 e. The van der Waals surface area contributed by atoms with Crippen LogP contribution in [-0.2, 0) is 14.8 Å². The van der Waals surface area contributed by atoms with E-state index < -0.39 is 27.8 Å². The molecular weight excluding hydrogens is 368 g/mol. The Kier molecular flexibility index (Phi) is 4.84. The van der Waals surface area contributed by atoms with Gasteiger partial charge >= 0.3 is 0 Å². The fraction of sp³-hybridized carbons (Fsp3) is 0.211. The largest absolute Gasteiger partial charge is 0.322 e. The number of rotatable bonds is 4. The van der Waals surface area contributed by atoms with Crippen LogP contribution in [0.15, 0.2) is 48.5 Å². The molecule has 1 atom stereocenters. The fourth-order valence-electron chi connectivity index (χ4n) is 2.85. The molecule has 1 aliphatic heterocycles. The monoisotopic (exact) mass is 386 g/mol. The Bertz CT molecular complexity index is 1030. The first kappa shape index (κ1) is 18.8. The van der Waals surface area contributed by atoms with Crippen LogP contribution in [0.3, 0.4) is 0 Å². The zero-order chi connectivity index (χ0) is 19.8. The third-order valence-corrected chi connectivity index (χ3v) is 6.12. The highest BCUT2D eigenvalue weighted by Gasteiger charge is 2.41. The molecule has 2 amide bonds. The van der Waals surface area contributed by atoms with Crippen molar-refractivity contribution in [2.24, 2.45) is 5.92 Å². The Morgan fingerprint density at radius 3 is 2.30 bits per heavy atom. The van der Waals surface area contributed by atoms with Gasteiger partial charge in [-0.05, 0) is 43.3 Å². The Morgan fingerprint density at radius 1 is 1.07 bits per heavy atom. The summed E-state index contributed by atoms with van der Waals surface area (Å²) in [7, 11) is -3.68. The summed E-state index contributed by atoms with van der Waals surface area (Å²) in [5.74, 6) is -1.81. The molecule has 1 aliphatic rings. The highest BCUT2D eigenvalue weighted by atomic mass is 32.2. The second kappa shape index (κ2) is 6.96. The molecule has 7 nitrogen and oxygen atoms in total. The molecule has 0 radical (unpaired) electrons. The molecule has 8 heteroatoms. The van der Waals surface area contributed by atoms with Crippen LogP contribution < -0.4 is 9.62 Å². The molecule has 0 unspecified atom stereocenters. The van der Waals surface area contributed by atoms with Gasteiger partial charge in [-0.2, -0.15) is 0 Å². The van der Waals surface area contributed by atoms with E-state index in [0.717, 1.165) is 4.31 Å². The Hall–Kier alpha value is -3.00. The molecule has 27 heavy (non-hydrogen) atoms. The minimum absolute atomic E-state index is 0.110. The third-order valence-electron chi connectivity index (χ3n) is 4.25. The molecule has 2 aromatic rings. The minimum Gasteiger partial charge on any atom is -0.322 e. The second-order valence-corrected chi connectivity index (χ2v) is 8.28. The molecule has 1 saturated heterocycles. The highest BCUT2D eigenvalue weighted by Crippen LogP contribution is 2.28. The van der Waals surface area contributed by atoms with Crippen molar-refractivity contribution in [3.05, 3.63) is 59.7 Å². The van der Waals surface area contributed by atoms with Crippen molar-refractivity contribution in [2.45, 2.75) is 13.8 Å². The molecule has 1 N–H and O–H groups in total. The van der Waals surface area contributed by atoms with Gasteiger partial charge in [-0.1, -0.05) is 19.1 Å². The maximum absolute atomic E-state index is 12.4. The van der Waals surface area contributed by atoms with E-state index in [1.165, 1.54) is 31.2 Å². The van der Waals surface area contributed by atoms with Crippen LogP contribution in [0, 0.1) is 5.92 Å². The molecule has 0 bridgehead atoms. The van der Waals surface area contributed by atoms with Gasteiger partial charge < -0.3 is 5.32 Å². The van der Waals surface area contributed by atoms with Crippen LogP contribution in [0.4, 0.5) is 11.4 Å². The highest BCUT2D eigenvalue weighted by molar-refractivity contribution is 7.94. The molecule has 0 saturated carbocycles. The Labute approximate surface area is 157 Å². The SMILES string of the molecule is CC(=O)c1cccc(NC(=O)c2ccc(N3C(=O)[C@H](C)CS3(=O)=O)cc2)c1. The van der Waals surface area contributed by atoms with Gasteiger partial charge in [0.05, 0.1) is 17.4 Å². The maximum Gasteiger partial charge on any atom is 0.255 e. The van der Waals surface area contributed by atoms with E-state index in [1.54, 1.807) is 31.2 Å². The van der Waals surface area contributed by atoms with E-state index in [9.17, 15) is 22.8 Å². The molecule has 2 aromatic carbocycles. The molecule has 140 valence electrons. The van der Waals surface area contributed by atoms with Crippen molar-refractivity contribution in [1.29, 1.82) is 0 Å². The lowest BCUT2D eigenvalue weighted by atomic mass is 10.1. The Morgan fingerprint density at radius 2 is 1.74 bits per heavy atom. The third kappa shape index (κ3) is 3.75. The number of carbonyl (C=O) groups is 3. The van der Waals surface area contributed by atoms with Gasteiger partial charge in [0.15, 0.2) is 5.78 Å². The van der Waals surface area contributed by atoms with Crippen LogP contribution in [0.1, 0.15) is 34.6 Å². The van der Waals surface area contributed by atoms with Crippen LogP contribution in [-0.4, -0.2) is 31.8 Å². The van der Waals surface area contributed by atoms with Crippen molar-refractivity contribution < 1.29 is 22.8 Å². The van der Waals surface area contributed by atoms with E-state index in [-0.39, 0.29) is 17.2 Å². The number of benzene rings is 2. The number of Topliss-reactive ketones (excluding diaryl/α,β-unsaturated/α-hetero) is 1. The van der Waals surface area contributed by atoms with Crippen LogP contribution >= 0.6 is 0 Å². The lowest BCUT2D eigenvalue weighted by Crippen LogP contribution is -2.30. The van der Waals surface area contributed by atoms with E-state index in [1.807, 2.05) is 0 Å². The lowest BCUT2D eigenvalue weighted by Gasteiger charge is -2.15. The van der Waals surface area contributed by atoms with E-state index in [0.29, 0.717) is 16.8 Å². The van der Waals surface area contributed by atoms with Crippen molar-refractivity contribution >= 4 is 39.0 Å². The molecular formula is C19H18N2O5S. The maximum atomic E-state index is 12.4. The van der Waals surface area contributed by atoms with E-state index in [4.69, 9.17) is 0 Å². The normalized spacial score (nSPS) is 18.4. The summed E-state index contributed by atoms with van der Waals surface area (Å²) in [6.07, 6.45) is 0. The van der Waals surface area contributed by atoms with Gasteiger partial charge in [0.2, 0.25) is 15.9 Å². The number of anilines is 2. The predicted octanol–water partition coefficient (Wildman–Crippen LogP) is 2.45. The van der Waals surface area contributed by atoms with Crippen molar-refractivity contribution in [1.82, 2.24) is 0 Å².